The molecule has 0 spiro atoms. The van der Waals surface area contributed by atoms with Gasteiger partial charge in [0, 0.05) is 30.2 Å². The number of amides is 2. The van der Waals surface area contributed by atoms with E-state index >= 15 is 0 Å². The quantitative estimate of drug-likeness (QED) is 0.776. The Hall–Kier alpha value is -2.40. The van der Waals surface area contributed by atoms with Crippen LogP contribution in [0.5, 0.6) is 0 Å². The van der Waals surface area contributed by atoms with Crippen molar-refractivity contribution in [1.29, 1.82) is 0 Å². The number of aromatic nitrogens is 1. The van der Waals surface area contributed by atoms with Crippen molar-refractivity contribution in [3.63, 3.8) is 0 Å². The number of benzene rings is 1. The third-order valence-electron chi connectivity index (χ3n) is 3.20. The van der Waals surface area contributed by atoms with Crippen LogP contribution in [0.3, 0.4) is 0 Å². The summed E-state index contributed by atoms with van der Waals surface area (Å²) in [6, 6.07) is 11.8. The van der Waals surface area contributed by atoms with Crippen molar-refractivity contribution in [2.24, 2.45) is 0 Å². The lowest BCUT2D eigenvalue weighted by Crippen LogP contribution is -2.34. The molecule has 3 aromatic rings. The highest BCUT2D eigenvalue weighted by molar-refractivity contribution is 7.17. The first-order chi connectivity index (χ1) is 10.3. The molecule has 0 saturated heterocycles. The van der Waals surface area contributed by atoms with Gasteiger partial charge in [0.05, 0.1) is 0 Å². The van der Waals surface area contributed by atoms with Gasteiger partial charge in [0.2, 0.25) is 0 Å². The Kier molecular flexibility index (Phi) is 4.12. The standard InChI is InChI=1S/C16H15N3OS/c20-16(18-9-12-5-7-17-8-6-12)19-10-13-11-21-15-4-2-1-3-14(13)15/h1-8,11H,9-10H2,(H2,18,19,20). The van der Waals surface area contributed by atoms with E-state index in [2.05, 4.69) is 33.1 Å². The topological polar surface area (TPSA) is 54.0 Å². The van der Waals surface area contributed by atoms with Crippen molar-refractivity contribution in [3.05, 3.63) is 65.3 Å². The Morgan fingerprint density at radius 2 is 1.81 bits per heavy atom. The zero-order chi connectivity index (χ0) is 14.5. The summed E-state index contributed by atoms with van der Waals surface area (Å²) in [5, 5.41) is 9.02. The molecule has 5 heteroatoms. The Morgan fingerprint density at radius 3 is 2.67 bits per heavy atom. The van der Waals surface area contributed by atoms with Crippen LogP contribution in [0.15, 0.2) is 54.2 Å². The summed E-state index contributed by atoms with van der Waals surface area (Å²) in [6.07, 6.45) is 3.43. The van der Waals surface area contributed by atoms with Gasteiger partial charge in [-0.15, -0.1) is 11.3 Å². The molecule has 0 radical (unpaired) electrons. The van der Waals surface area contributed by atoms with Crippen LogP contribution in [-0.4, -0.2) is 11.0 Å². The summed E-state index contributed by atoms with van der Waals surface area (Å²) in [6.45, 7) is 1.03. The normalized spacial score (nSPS) is 10.5. The fourth-order valence-corrected chi connectivity index (χ4v) is 3.05. The van der Waals surface area contributed by atoms with Crippen LogP contribution in [0.25, 0.3) is 10.1 Å². The van der Waals surface area contributed by atoms with Gasteiger partial charge in [-0.2, -0.15) is 0 Å². The molecular formula is C16H15N3OS. The Morgan fingerprint density at radius 1 is 1.05 bits per heavy atom. The molecular weight excluding hydrogens is 282 g/mol. The number of nitrogens with zero attached hydrogens (tertiary/aromatic N) is 1. The first-order valence-electron chi connectivity index (χ1n) is 6.68. The van der Waals surface area contributed by atoms with Crippen LogP contribution in [0.1, 0.15) is 11.1 Å². The van der Waals surface area contributed by atoms with Crippen molar-refractivity contribution < 1.29 is 4.79 Å². The lowest BCUT2D eigenvalue weighted by atomic mass is 10.2. The monoisotopic (exact) mass is 297 g/mol. The van der Waals surface area contributed by atoms with E-state index in [1.165, 1.54) is 10.1 Å². The number of fused-ring (bicyclic) bond motifs is 1. The summed E-state index contributed by atoms with van der Waals surface area (Å²) in [5.74, 6) is 0. The number of carbonyl (C=O) groups is 1. The van der Waals surface area contributed by atoms with Crippen molar-refractivity contribution in [1.82, 2.24) is 15.6 Å². The molecule has 2 heterocycles. The number of pyridine rings is 1. The van der Waals surface area contributed by atoms with E-state index in [9.17, 15) is 4.79 Å². The van der Waals surface area contributed by atoms with Gasteiger partial charge in [0.15, 0.2) is 0 Å². The number of hydrogen-bond donors (Lipinski definition) is 2. The van der Waals surface area contributed by atoms with Crippen molar-refractivity contribution >= 4 is 27.5 Å². The van der Waals surface area contributed by atoms with Gasteiger partial charge in [-0.1, -0.05) is 18.2 Å². The third kappa shape index (κ3) is 3.38. The first kappa shape index (κ1) is 13.6. The molecule has 0 saturated carbocycles. The third-order valence-corrected chi connectivity index (χ3v) is 4.22. The molecule has 2 N–H and O–H groups in total. The van der Waals surface area contributed by atoms with E-state index in [0.717, 1.165) is 11.1 Å². The number of urea groups is 1. The second-order valence-electron chi connectivity index (χ2n) is 4.65. The number of thiophene rings is 1. The maximum Gasteiger partial charge on any atom is 0.315 e. The van der Waals surface area contributed by atoms with Crippen LogP contribution in [0, 0.1) is 0 Å². The summed E-state index contributed by atoms with van der Waals surface area (Å²) in [4.78, 5) is 15.8. The maximum atomic E-state index is 11.8. The Labute approximate surface area is 126 Å². The van der Waals surface area contributed by atoms with E-state index in [4.69, 9.17) is 0 Å². The zero-order valence-electron chi connectivity index (χ0n) is 11.4. The minimum atomic E-state index is -0.165. The zero-order valence-corrected chi connectivity index (χ0v) is 12.2. The van der Waals surface area contributed by atoms with E-state index in [0.29, 0.717) is 13.1 Å². The van der Waals surface area contributed by atoms with Gasteiger partial charge in [-0.05, 0) is 40.1 Å². The Bertz CT molecular complexity index is 739. The predicted octanol–water partition coefficient (Wildman–Crippen LogP) is 3.30. The minimum absolute atomic E-state index is 0.165. The summed E-state index contributed by atoms with van der Waals surface area (Å²) < 4.78 is 1.24. The SMILES string of the molecule is O=C(NCc1ccncc1)NCc1csc2ccccc12. The fourth-order valence-electron chi connectivity index (χ4n) is 2.09. The van der Waals surface area contributed by atoms with Crippen LogP contribution < -0.4 is 10.6 Å². The van der Waals surface area contributed by atoms with Gasteiger partial charge >= 0.3 is 6.03 Å². The molecule has 1 aromatic carbocycles. The van der Waals surface area contributed by atoms with E-state index < -0.39 is 0 Å². The highest BCUT2D eigenvalue weighted by Gasteiger charge is 2.05. The molecule has 0 aliphatic heterocycles. The Balaban J connectivity index is 1.54. The molecule has 0 fully saturated rings. The smallest absolute Gasteiger partial charge is 0.315 e. The van der Waals surface area contributed by atoms with Gasteiger partial charge in [-0.3, -0.25) is 4.98 Å². The van der Waals surface area contributed by atoms with E-state index in [1.807, 2.05) is 24.3 Å². The van der Waals surface area contributed by atoms with Crippen molar-refractivity contribution in [2.75, 3.05) is 0 Å². The molecule has 4 nitrogen and oxygen atoms in total. The molecule has 2 amide bonds. The first-order valence-corrected chi connectivity index (χ1v) is 7.56. The van der Waals surface area contributed by atoms with E-state index in [1.54, 1.807) is 23.7 Å². The van der Waals surface area contributed by atoms with Crippen LogP contribution in [0.4, 0.5) is 4.79 Å². The van der Waals surface area contributed by atoms with Gasteiger partial charge in [0.1, 0.15) is 0 Å². The molecule has 0 bridgehead atoms. The minimum Gasteiger partial charge on any atom is -0.334 e. The van der Waals surface area contributed by atoms with Crippen molar-refractivity contribution in [2.45, 2.75) is 13.1 Å². The van der Waals surface area contributed by atoms with Crippen LogP contribution in [0.2, 0.25) is 0 Å². The second-order valence-corrected chi connectivity index (χ2v) is 5.56. The van der Waals surface area contributed by atoms with Gasteiger partial charge in [-0.25, -0.2) is 4.79 Å². The number of nitrogens with one attached hydrogen (secondary N) is 2. The summed E-state index contributed by atoms with van der Waals surface area (Å²) in [5.41, 5.74) is 2.18. The lowest BCUT2D eigenvalue weighted by molar-refractivity contribution is 0.240. The summed E-state index contributed by atoms with van der Waals surface area (Å²) >= 11 is 1.70. The van der Waals surface area contributed by atoms with Crippen LogP contribution in [-0.2, 0) is 13.1 Å². The molecule has 0 unspecified atom stereocenters. The lowest BCUT2D eigenvalue weighted by Gasteiger charge is -2.07. The second kappa shape index (κ2) is 6.37. The summed E-state index contributed by atoms with van der Waals surface area (Å²) in [7, 11) is 0. The molecule has 0 aliphatic rings. The number of carbonyl (C=O) groups excluding carboxylic acids is 1. The van der Waals surface area contributed by atoms with Crippen molar-refractivity contribution in [3.8, 4) is 0 Å². The molecule has 0 atom stereocenters. The predicted molar refractivity (Wildman–Crippen MR) is 85.1 cm³/mol. The maximum absolute atomic E-state index is 11.8. The molecule has 106 valence electrons. The molecule has 3 rings (SSSR count). The highest BCUT2D eigenvalue weighted by Crippen LogP contribution is 2.25. The molecule has 0 aliphatic carbocycles. The largest absolute Gasteiger partial charge is 0.334 e. The highest BCUT2D eigenvalue weighted by atomic mass is 32.1. The fraction of sp³-hybridized carbons (Fsp3) is 0.125. The number of rotatable bonds is 4. The molecule has 2 aromatic heterocycles. The number of hydrogen-bond acceptors (Lipinski definition) is 3. The van der Waals surface area contributed by atoms with E-state index in [-0.39, 0.29) is 6.03 Å². The van der Waals surface area contributed by atoms with Crippen LogP contribution >= 0.6 is 11.3 Å². The average molecular weight is 297 g/mol. The van der Waals surface area contributed by atoms with Gasteiger partial charge < -0.3 is 10.6 Å². The van der Waals surface area contributed by atoms with Gasteiger partial charge in [0.25, 0.3) is 0 Å². The average Bonchev–Trinajstić information content (AvgIpc) is 2.95. The molecule has 21 heavy (non-hydrogen) atoms.